The highest BCUT2D eigenvalue weighted by Crippen LogP contribution is 2.23. The summed E-state index contributed by atoms with van der Waals surface area (Å²) in [5.74, 6) is 1.44. The molecule has 0 atom stereocenters. The molecule has 0 N–H and O–H groups in total. The fourth-order valence-electron chi connectivity index (χ4n) is 4.40. The molecule has 2 aliphatic heterocycles. The smallest absolute Gasteiger partial charge is 0.225 e. The Balaban J connectivity index is 1.20. The van der Waals surface area contributed by atoms with Crippen molar-refractivity contribution in [2.45, 2.75) is 25.7 Å². The maximum Gasteiger partial charge on any atom is 0.225 e. The van der Waals surface area contributed by atoms with Crippen molar-refractivity contribution in [2.24, 2.45) is 5.92 Å². The normalized spacial score (nSPS) is 17.6. The molecular formula is C24H29BrN4O2. The second kappa shape index (κ2) is 10.3. The highest BCUT2D eigenvalue weighted by Gasteiger charge is 2.31. The Kier molecular flexibility index (Phi) is 7.22. The number of aromatic nitrogens is 1. The molecule has 0 spiro atoms. The number of halogens is 1. The first-order chi connectivity index (χ1) is 15.1. The van der Waals surface area contributed by atoms with E-state index in [9.17, 15) is 9.59 Å². The van der Waals surface area contributed by atoms with Crippen molar-refractivity contribution in [3.8, 4) is 0 Å². The second-order valence-corrected chi connectivity index (χ2v) is 9.20. The number of benzene rings is 1. The van der Waals surface area contributed by atoms with Crippen LogP contribution in [0.1, 0.15) is 24.8 Å². The third-order valence-electron chi connectivity index (χ3n) is 6.29. The minimum Gasteiger partial charge on any atom is -0.353 e. The van der Waals surface area contributed by atoms with Crippen molar-refractivity contribution in [1.29, 1.82) is 0 Å². The predicted molar refractivity (Wildman–Crippen MR) is 125 cm³/mol. The molecule has 0 radical (unpaired) electrons. The number of carbonyl (C=O) groups excluding carboxylic acids is 2. The molecule has 4 rings (SSSR count). The van der Waals surface area contributed by atoms with E-state index in [0.29, 0.717) is 19.5 Å². The standard InChI is InChI=1S/C24H29BrN4O2/c25-21-7-8-22(26-18-21)27-14-16-29(17-15-27)24(31)20-10-12-28(13-11-20)23(30)9-6-19-4-2-1-3-5-19/h1-5,7-8,18,20H,6,9-17H2. The highest BCUT2D eigenvalue weighted by atomic mass is 79.9. The average Bonchev–Trinajstić information content (AvgIpc) is 2.83. The fourth-order valence-corrected chi connectivity index (χ4v) is 4.63. The summed E-state index contributed by atoms with van der Waals surface area (Å²) < 4.78 is 0.968. The van der Waals surface area contributed by atoms with Crippen LogP contribution in [0.25, 0.3) is 0 Å². The zero-order chi connectivity index (χ0) is 21.6. The summed E-state index contributed by atoms with van der Waals surface area (Å²) in [6.07, 6.45) is 4.65. The predicted octanol–water partition coefficient (Wildman–Crippen LogP) is 3.36. The van der Waals surface area contributed by atoms with Gasteiger partial charge >= 0.3 is 0 Å². The Hall–Kier alpha value is -2.41. The van der Waals surface area contributed by atoms with E-state index in [4.69, 9.17) is 0 Å². The van der Waals surface area contributed by atoms with Gasteiger partial charge in [-0.2, -0.15) is 0 Å². The highest BCUT2D eigenvalue weighted by molar-refractivity contribution is 9.10. The lowest BCUT2D eigenvalue weighted by Gasteiger charge is -2.39. The topological polar surface area (TPSA) is 56.8 Å². The Morgan fingerprint density at radius 3 is 2.26 bits per heavy atom. The fraction of sp³-hybridized carbons (Fsp3) is 0.458. The van der Waals surface area contributed by atoms with Crippen LogP contribution < -0.4 is 4.90 Å². The Labute approximate surface area is 192 Å². The number of nitrogens with zero attached hydrogens (tertiary/aromatic N) is 4. The van der Waals surface area contributed by atoms with Gasteiger partial charge in [0.05, 0.1) is 0 Å². The number of anilines is 1. The monoisotopic (exact) mass is 484 g/mol. The van der Waals surface area contributed by atoms with Crippen LogP contribution in [0, 0.1) is 5.92 Å². The molecule has 2 amide bonds. The Bertz CT molecular complexity index is 874. The molecule has 0 aliphatic carbocycles. The van der Waals surface area contributed by atoms with Gasteiger partial charge in [0.2, 0.25) is 11.8 Å². The molecule has 0 bridgehead atoms. The van der Waals surface area contributed by atoms with Gasteiger partial charge in [0.25, 0.3) is 0 Å². The first-order valence-electron chi connectivity index (χ1n) is 11.1. The summed E-state index contributed by atoms with van der Waals surface area (Å²) in [5, 5.41) is 0. The summed E-state index contributed by atoms with van der Waals surface area (Å²) in [6.45, 7) is 4.44. The maximum atomic E-state index is 13.0. The number of aryl methyl sites for hydroxylation is 1. The van der Waals surface area contributed by atoms with Crippen LogP contribution in [-0.2, 0) is 16.0 Å². The molecule has 0 unspecified atom stereocenters. The number of hydrogen-bond donors (Lipinski definition) is 0. The van der Waals surface area contributed by atoms with E-state index in [-0.39, 0.29) is 17.7 Å². The van der Waals surface area contributed by atoms with Gasteiger partial charge in [0, 0.05) is 62.3 Å². The van der Waals surface area contributed by atoms with E-state index >= 15 is 0 Å². The summed E-state index contributed by atoms with van der Waals surface area (Å²) in [6, 6.07) is 14.1. The van der Waals surface area contributed by atoms with Gasteiger partial charge in [-0.05, 0) is 52.9 Å². The van der Waals surface area contributed by atoms with Gasteiger partial charge in [-0.1, -0.05) is 30.3 Å². The van der Waals surface area contributed by atoms with Gasteiger partial charge in [-0.3, -0.25) is 9.59 Å². The van der Waals surface area contributed by atoms with Crippen LogP contribution in [0.15, 0.2) is 53.1 Å². The van der Waals surface area contributed by atoms with Gasteiger partial charge in [0.15, 0.2) is 0 Å². The van der Waals surface area contributed by atoms with Crippen LogP contribution >= 0.6 is 15.9 Å². The molecule has 1 aromatic carbocycles. The molecule has 2 saturated heterocycles. The van der Waals surface area contributed by atoms with Crippen molar-refractivity contribution in [2.75, 3.05) is 44.2 Å². The van der Waals surface area contributed by atoms with Crippen molar-refractivity contribution in [3.05, 3.63) is 58.7 Å². The van der Waals surface area contributed by atoms with Crippen LogP contribution in [0.5, 0.6) is 0 Å². The number of hydrogen-bond acceptors (Lipinski definition) is 4. The summed E-state index contributed by atoms with van der Waals surface area (Å²) in [4.78, 5) is 36.2. The molecule has 164 valence electrons. The number of carbonyl (C=O) groups is 2. The quantitative estimate of drug-likeness (QED) is 0.652. The number of piperidine rings is 1. The first kappa shape index (κ1) is 21.8. The summed E-state index contributed by atoms with van der Waals surface area (Å²) >= 11 is 3.42. The molecule has 0 saturated carbocycles. The Morgan fingerprint density at radius 1 is 0.903 bits per heavy atom. The zero-order valence-corrected chi connectivity index (χ0v) is 19.3. The Morgan fingerprint density at radius 2 is 1.61 bits per heavy atom. The summed E-state index contributed by atoms with van der Waals surface area (Å²) in [7, 11) is 0. The van der Waals surface area contributed by atoms with E-state index in [1.54, 1.807) is 0 Å². The zero-order valence-electron chi connectivity index (χ0n) is 17.8. The van der Waals surface area contributed by atoms with Gasteiger partial charge in [-0.15, -0.1) is 0 Å². The van der Waals surface area contributed by atoms with Gasteiger partial charge < -0.3 is 14.7 Å². The molecule has 7 heteroatoms. The van der Waals surface area contributed by atoms with E-state index < -0.39 is 0 Å². The number of pyridine rings is 1. The lowest BCUT2D eigenvalue weighted by molar-refractivity contribution is -0.141. The van der Waals surface area contributed by atoms with Gasteiger partial charge in [-0.25, -0.2) is 4.98 Å². The molecule has 2 aromatic rings. The second-order valence-electron chi connectivity index (χ2n) is 8.29. The first-order valence-corrected chi connectivity index (χ1v) is 11.9. The number of piperazine rings is 1. The van der Waals surface area contributed by atoms with Crippen molar-refractivity contribution < 1.29 is 9.59 Å². The number of amides is 2. The maximum absolute atomic E-state index is 13.0. The minimum absolute atomic E-state index is 0.0375. The van der Waals surface area contributed by atoms with Crippen molar-refractivity contribution in [1.82, 2.24) is 14.8 Å². The van der Waals surface area contributed by atoms with Crippen molar-refractivity contribution >= 4 is 33.6 Å². The van der Waals surface area contributed by atoms with E-state index in [1.165, 1.54) is 5.56 Å². The SMILES string of the molecule is O=C(CCc1ccccc1)N1CCC(C(=O)N2CCN(c3ccc(Br)cn3)CC2)CC1. The van der Waals surface area contributed by atoms with Gasteiger partial charge in [0.1, 0.15) is 5.82 Å². The third kappa shape index (κ3) is 5.64. The number of likely N-dealkylation sites (tertiary alicyclic amines) is 1. The lowest BCUT2D eigenvalue weighted by atomic mass is 9.94. The molecule has 31 heavy (non-hydrogen) atoms. The van der Waals surface area contributed by atoms with E-state index in [1.807, 2.05) is 46.3 Å². The molecule has 2 fully saturated rings. The van der Waals surface area contributed by atoms with Crippen LogP contribution in [0.3, 0.4) is 0 Å². The van der Waals surface area contributed by atoms with Crippen LogP contribution in [-0.4, -0.2) is 65.9 Å². The largest absolute Gasteiger partial charge is 0.353 e. The summed E-state index contributed by atoms with van der Waals surface area (Å²) in [5.41, 5.74) is 1.19. The minimum atomic E-state index is 0.0375. The molecule has 6 nitrogen and oxygen atoms in total. The van der Waals surface area contributed by atoms with Crippen LogP contribution in [0.4, 0.5) is 5.82 Å². The van der Waals surface area contributed by atoms with E-state index in [2.05, 4.69) is 37.9 Å². The van der Waals surface area contributed by atoms with Crippen LogP contribution in [0.2, 0.25) is 0 Å². The molecule has 2 aliphatic rings. The third-order valence-corrected chi connectivity index (χ3v) is 6.76. The van der Waals surface area contributed by atoms with E-state index in [0.717, 1.165) is 55.7 Å². The lowest BCUT2D eigenvalue weighted by Crippen LogP contribution is -2.52. The molecule has 3 heterocycles. The average molecular weight is 485 g/mol. The number of rotatable bonds is 5. The molecular weight excluding hydrogens is 456 g/mol. The molecule has 1 aromatic heterocycles. The van der Waals surface area contributed by atoms with Crippen molar-refractivity contribution in [3.63, 3.8) is 0 Å².